The van der Waals surface area contributed by atoms with E-state index >= 15 is 0 Å². The summed E-state index contributed by atoms with van der Waals surface area (Å²) in [6.07, 6.45) is 0.202. The standard InChI is InChI=1S/C14H20N2O2/c1-10(2)18-6-5-16-14(17)11-3-4-12-8-15-9-13(12)7-11/h3-4,7,10,15H,5-6,8-9H2,1-2H3,(H,16,17). The molecule has 0 aliphatic carbocycles. The Bertz CT molecular complexity index is 430. The molecule has 1 aliphatic heterocycles. The maximum Gasteiger partial charge on any atom is 0.251 e. The summed E-state index contributed by atoms with van der Waals surface area (Å²) in [5.74, 6) is -0.0305. The Morgan fingerprint density at radius 3 is 2.94 bits per heavy atom. The second kappa shape index (κ2) is 5.98. The molecule has 1 aromatic carbocycles. The number of hydrogen-bond acceptors (Lipinski definition) is 3. The molecule has 4 nitrogen and oxygen atoms in total. The molecule has 0 spiro atoms. The zero-order valence-corrected chi connectivity index (χ0v) is 11.0. The molecule has 0 saturated heterocycles. The molecule has 0 aromatic heterocycles. The number of fused-ring (bicyclic) bond motifs is 1. The third-order valence-corrected chi connectivity index (χ3v) is 2.94. The number of amides is 1. The predicted molar refractivity (Wildman–Crippen MR) is 70.4 cm³/mol. The summed E-state index contributed by atoms with van der Waals surface area (Å²) in [4.78, 5) is 11.9. The second-order valence-corrected chi connectivity index (χ2v) is 4.76. The van der Waals surface area contributed by atoms with Crippen LogP contribution in [-0.2, 0) is 17.8 Å². The molecule has 98 valence electrons. The van der Waals surface area contributed by atoms with Crippen molar-refractivity contribution in [3.05, 3.63) is 34.9 Å². The zero-order valence-electron chi connectivity index (χ0n) is 11.0. The Labute approximate surface area is 108 Å². The van der Waals surface area contributed by atoms with Gasteiger partial charge in [0.1, 0.15) is 0 Å². The molecule has 0 atom stereocenters. The van der Waals surface area contributed by atoms with Crippen LogP contribution in [0.15, 0.2) is 18.2 Å². The Morgan fingerprint density at radius 2 is 2.17 bits per heavy atom. The van der Waals surface area contributed by atoms with Crippen LogP contribution >= 0.6 is 0 Å². The van der Waals surface area contributed by atoms with Crippen LogP contribution in [0, 0.1) is 0 Å². The number of ether oxygens (including phenoxy) is 1. The van der Waals surface area contributed by atoms with Crippen molar-refractivity contribution < 1.29 is 9.53 Å². The number of rotatable bonds is 5. The average Bonchev–Trinajstić information content (AvgIpc) is 2.81. The van der Waals surface area contributed by atoms with E-state index in [1.54, 1.807) is 0 Å². The van der Waals surface area contributed by atoms with Gasteiger partial charge in [0.15, 0.2) is 0 Å². The minimum absolute atomic E-state index is 0.0305. The Hall–Kier alpha value is -1.39. The van der Waals surface area contributed by atoms with Gasteiger partial charge < -0.3 is 15.4 Å². The average molecular weight is 248 g/mol. The first-order valence-electron chi connectivity index (χ1n) is 6.39. The molecular formula is C14H20N2O2. The number of carbonyl (C=O) groups excluding carboxylic acids is 1. The number of benzene rings is 1. The molecule has 0 radical (unpaired) electrons. The van der Waals surface area contributed by atoms with Gasteiger partial charge in [-0.2, -0.15) is 0 Å². The Balaban J connectivity index is 1.85. The highest BCUT2D eigenvalue weighted by molar-refractivity contribution is 5.94. The molecule has 0 fully saturated rings. The van der Waals surface area contributed by atoms with Crippen LogP contribution in [0.25, 0.3) is 0 Å². The lowest BCUT2D eigenvalue weighted by atomic mass is 10.1. The second-order valence-electron chi connectivity index (χ2n) is 4.76. The first kappa shape index (κ1) is 13.1. The van der Waals surface area contributed by atoms with Crippen LogP contribution in [0.1, 0.15) is 35.3 Å². The van der Waals surface area contributed by atoms with E-state index in [4.69, 9.17) is 4.74 Å². The third-order valence-electron chi connectivity index (χ3n) is 2.94. The molecule has 2 N–H and O–H groups in total. The van der Waals surface area contributed by atoms with Crippen molar-refractivity contribution in [2.24, 2.45) is 0 Å². The van der Waals surface area contributed by atoms with Crippen molar-refractivity contribution in [1.82, 2.24) is 10.6 Å². The summed E-state index contributed by atoms with van der Waals surface area (Å²) in [7, 11) is 0. The van der Waals surface area contributed by atoms with E-state index in [9.17, 15) is 4.79 Å². The monoisotopic (exact) mass is 248 g/mol. The van der Waals surface area contributed by atoms with Gasteiger partial charge in [-0.25, -0.2) is 0 Å². The largest absolute Gasteiger partial charge is 0.377 e. The normalized spacial score (nSPS) is 13.7. The van der Waals surface area contributed by atoms with Crippen LogP contribution in [0.4, 0.5) is 0 Å². The quantitative estimate of drug-likeness (QED) is 0.775. The fourth-order valence-electron chi connectivity index (χ4n) is 2.00. The summed E-state index contributed by atoms with van der Waals surface area (Å²) < 4.78 is 5.38. The van der Waals surface area contributed by atoms with Gasteiger partial charge in [0.2, 0.25) is 0 Å². The highest BCUT2D eigenvalue weighted by Crippen LogP contribution is 2.16. The summed E-state index contributed by atoms with van der Waals surface area (Å²) in [5, 5.41) is 6.13. The van der Waals surface area contributed by atoms with E-state index in [0.717, 1.165) is 18.7 Å². The van der Waals surface area contributed by atoms with Gasteiger partial charge in [0, 0.05) is 25.2 Å². The van der Waals surface area contributed by atoms with E-state index in [1.165, 1.54) is 11.1 Å². The number of carbonyl (C=O) groups is 1. The van der Waals surface area contributed by atoms with Crippen LogP contribution in [0.2, 0.25) is 0 Å². The van der Waals surface area contributed by atoms with Crippen molar-refractivity contribution in [2.45, 2.75) is 33.0 Å². The van der Waals surface area contributed by atoms with Gasteiger partial charge in [0.05, 0.1) is 12.7 Å². The fourth-order valence-corrected chi connectivity index (χ4v) is 2.00. The molecule has 1 aromatic rings. The van der Waals surface area contributed by atoms with Gasteiger partial charge in [-0.15, -0.1) is 0 Å². The first-order chi connectivity index (χ1) is 8.66. The zero-order chi connectivity index (χ0) is 13.0. The summed E-state index contributed by atoms with van der Waals surface area (Å²) in [6.45, 7) is 6.82. The molecule has 1 heterocycles. The lowest BCUT2D eigenvalue weighted by molar-refractivity contribution is 0.0746. The SMILES string of the molecule is CC(C)OCCNC(=O)c1ccc2c(c1)CNC2. The van der Waals surface area contributed by atoms with Gasteiger partial charge >= 0.3 is 0 Å². The van der Waals surface area contributed by atoms with Crippen molar-refractivity contribution in [3.63, 3.8) is 0 Å². The van der Waals surface area contributed by atoms with Crippen LogP contribution in [0.5, 0.6) is 0 Å². The molecule has 4 heteroatoms. The summed E-state index contributed by atoms with van der Waals surface area (Å²) in [6, 6.07) is 5.87. The number of nitrogens with one attached hydrogen (secondary N) is 2. The van der Waals surface area contributed by atoms with Crippen molar-refractivity contribution in [3.8, 4) is 0 Å². The van der Waals surface area contributed by atoms with Crippen molar-refractivity contribution >= 4 is 5.91 Å². The van der Waals surface area contributed by atoms with Crippen LogP contribution < -0.4 is 10.6 Å². The number of hydrogen-bond donors (Lipinski definition) is 2. The van der Waals surface area contributed by atoms with Crippen LogP contribution in [-0.4, -0.2) is 25.2 Å². The highest BCUT2D eigenvalue weighted by Gasteiger charge is 2.13. The molecular weight excluding hydrogens is 228 g/mol. The molecule has 18 heavy (non-hydrogen) atoms. The topological polar surface area (TPSA) is 50.4 Å². The van der Waals surface area contributed by atoms with Gasteiger partial charge in [-0.05, 0) is 37.1 Å². The molecule has 1 aliphatic rings. The van der Waals surface area contributed by atoms with Gasteiger partial charge in [-0.3, -0.25) is 4.79 Å². The van der Waals surface area contributed by atoms with E-state index in [-0.39, 0.29) is 12.0 Å². The minimum atomic E-state index is -0.0305. The van der Waals surface area contributed by atoms with E-state index < -0.39 is 0 Å². The lowest BCUT2D eigenvalue weighted by Crippen LogP contribution is -2.28. The highest BCUT2D eigenvalue weighted by atomic mass is 16.5. The van der Waals surface area contributed by atoms with E-state index in [0.29, 0.717) is 13.2 Å². The maximum atomic E-state index is 11.9. The Kier molecular flexibility index (Phi) is 4.33. The molecule has 1 amide bonds. The smallest absolute Gasteiger partial charge is 0.251 e. The maximum absolute atomic E-state index is 11.9. The van der Waals surface area contributed by atoms with E-state index in [1.807, 2.05) is 32.0 Å². The molecule has 0 unspecified atom stereocenters. The van der Waals surface area contributed by atoms with Crippen molar-refractivity contribution in [1.29, 1.82) is 0 Å². The van der Waals surface area contributed by atoms with E-state index in [2.05, 4.69) is 10.6 Å². The lowest BCUT2D eigenvalue weighted by Gasteiger charge is -2.09. The molecule has 0 saturated carbocycles. The molecule has 0 bridgehead atoms. The van der Waals surface area contributed by atoms with Gasteiger partial charge in [-0.1, -0.05) is 6.07 Å². The fraction of sp³-hybridized carbons (Fsp3) is 0.500. The third kappa shape index (κ3) is 3.31. The molecule has 2 rings (SSSR count). The van der Waals surface area contributed by atoms with Gasteiger partial charge in [0.25, 0.3) is 5.91 Å². The first-order valence-corrected chi connectivity index (χ1v) is 6.39. The van der Waals surface area contributed by atoms with Crippen molar-refractivity contribution in [2.75, 3.05) is 13.2 Å². The Morgan fingerprint density at radius 1 is 1.39 bits per heavy atom. The van der Waals surface area contributed by atoms with Crippen LogP contribution in [0.3, 0.4) is 0 Å². The minimum Gasteiger partial charge on any atom is -0.377 e. The summed E-state index contributed by atoms with van der Waals surface area (Å²) >= 11 is 0. The summed E-state index contributed by atoms with van der Waals surface area (Å²) in [5.41, 5.74) is 3.23. The predicted octanol–water partition coefficient (Wildman–Crippen LogP) is 1.44.